The summed E-state index contributed by atoms with van der Waals surface area (Å²) in [6, 6.07) is 0. The van der Waals surface area contributed by atoms with Crippen LogP contribution in [0.4, 0.5) is 0 Å². The number of rotatable bonds is 2. The fourth-order valence-electron chi connectivity index (χ4n) is 1.07. The van der Waals surface area contributed by atoms with Crippen molar-refractivity contribution in [1.82, 2.24) is 14.9 Å². The van der Waals surface area contributed by atoms with Gasteiger partial charge in [0.05, 0.1) is 5.69 Å². The molecule has 0 spiro atoms. The largest absolute Gasteiger partial charge is 0.352 e. The van der Waals surface area contributed by atoms with Crippen molar-refractivity contribution >= 4 is 17.4 Å². The molecule has 0 radical (unpaired) electrons. The van der Waals surface area contributed by atoms with Crippen LogP contribution in [0.5, 0.6) is 0 Å². The molecular formula is C9H15N3OS. The van der Waals surface area contributed by atoms with E-state index in [9.17, 15) is 4.79 Å². The second-order valence-electron chi connectivity index (χ2n) is 4.06. The van der Waals surface area contributed by atoms with Crippen LogP contribution in [0, 0.1) is 0 Å². The number of hydrogen-bond acceptors (Lipinski definition) is 4. The molecule has 0 saturated heterocycles. The predicted octanol–water partition coefficient (Wildman–Crippen LogP) is 1.59. The predicted molar refractivity (Wildman–Crippen MR) is 56.6 cm³/mol. The van der Waals surface area contributed by atoms with Gasteiger partial charge in [0.15, 0.2) is 0 Å². The quantitative estimate of drug-likeness (QED) is 0.811. The molecule has 0 unspecified atom stereocenters. The molecule has 1 heterocycles. The minimum Gasteiger partial charge on any atom is -0.352 e. The van der Waals surface area contributed by atoms with Gasteiger partial charge in [-0.2, -0.15) is 0 Å². The lowest BCUT2D eigenvalue weighted by Crippen LogP contribution is -2.25. The van der Waals surface area contributed by atoms with Crippen molar-refractivity contribution in [3.63, 3.8) is 0 Å². The number of nitrogens with one attached hydrogen (secondary N) is 1. The first kappa shape index (κ1) is 11.1. The third-order valence-electron chi connectivity index (χ3n) is 1.74. The Balaban J connectivity index is 2.99. The molecule has 0 bridgehead atoms. The molecule has 1 rings (SSSR count). The van der Waals surface area contributed by atoms with E-state index in [0.717, 1.165) is 17.2 Å². The van der Waals surface area contributed by atoms with E-state index >= 15 is 0 Å². The maximum atomic E-state index is 11.6. The number of hydrogen-bond donors (Lipinski definition) is 1. The molecule has 0 fully saturated rings. The van der Waals surface area contributed by atoms with Gasteiger partial charge < -0.3 is 5.32 Å². The first-order chi connectivity index (χ1) is 6.46. The molecule has 0 aromatic carbocycles. The van der Waals surface area contributed by atoms with Crippen molar-refractivity contribution in [2.45, 2.75) is 33.1 Å². The van der Waals surface area contributed by atoms with E-state index in [1.165, 1.54) is 0 Å². The Labute approximate surface area is 87.9 Å². The molecule has 78 valence electrons. The van der Waals surface area contributed by atoms with Crippen LogP contribution in [0.1, 0.15) is 43.1 Å². The summed E-state index contributed by atoms with van der Waals surface area (Å²) < 4.78 is 3.82. The van der Waals surface area contributed by atoms with E-state index in [-0.39, 0.29) is 11.3 Å². The number of amides is 1. The molecule has 1 amide bonds. The van der Waals surface area contributed by atoms with Gasteiger partial charge in [-0.15, -0.1) is 5.10 Å². The highest BCUT2D eigenvalue weighted by Gasteiger charge is 2.25. The number of aromatic nitrogens is 2. The van der Waals surface area contributed by atoms with Gasteiger partial charge in [0.2, 0.25) is 0 Å². The lowest BCUT2D eigenvalue weighted by molar-refractivity contribution is 0.0957. The minimum atomic E-state index is -0.132. The summed E-state index contributed by atoms with van der Waals surface area (Å²) in [6.45, 7) is 8.58. The van der Waals surface area contributed by atoms with Crippen molar-refractivity contribution in [3.8, 4) is 0 Å². The molecule has 14 heavy (non-hydrogen) atoms. The standard InChI is InChI=1S/C9H15N3OS/c1-5-10-8(13)6-7(9(2,3)4)11-12-14-6/h5H2,1-4H3,(H,10,13). The third kappa shape index (κ3) is 2.29. The Bertz CT molecular complexity index is 327. The average molecular weight is 213 g/mol. The zero-order chi connectivity index (χ0) is 10.8. The van der Waals surface area contributed by atoms with E-state index in [1.807, 2.05) is 27.7 Å². The van der Waals surface area contributed by atoms with Crippen LogP contribution in [0.25, 0.3) is 0 Å². The molecule has 0 saturated carbocycles. The summed E-state index contributed by atoms with van der Waals surface area (Å²) in [5.74, 6) is -0.0765. The van der Waals surface area contributed by atoms with Gasteiger partial charge in [-0.25, -0.2) is 0 Å². The molecule has 0 aliphatic carbocycles. The van der Waals surface area contributed by atoms with E-state index < -0.39 is 0 Å². The lowest BCUT2D eigenvalue weighted by atomic mass is 9.91. The average Bonchev–Trinajstić information content (AvgIpc) is 2.50. The normalized spacial score (nSPS) is 11.4. The van der Waals surface area contributed by atoms with Crippen LogP contribution in [0.15, 0.2) is 0 Å². The first-order valence-electron chi connectivity index (χ1n) is 4.58. The van der Waals surface area contributed by atoms with Gasteiger partial charge in [-0.1, -0.05) is 25.3 Å². The summed E-state index contributed by atoms with van der Waals surface area (Å²) >= 11 is 1.15. The smallest absolute Gasteiger partial charge is 0.264 e. The lowest BCUT2D eigenvalue weighted by Gasteiger charge is -2.15. The van der Waals surface area contributed by atoms with Gasteiger partial charge in [-0.05, 0) is 18.5 Å². The van der Waals surface area contributed by atoms with Crippen molar-refractivity contribution in [1.29, 1.82) is 0 Å². The number of carbonyl (C=O) groups is 1. The van der Waals surface area contributed by atoms with Crippen molar-refractivity contribution in [3.05, 3.63) is 10.6 Å². The first-order valence-corrected chi connectivity index (χ1v) is 5.35. The van der Waals surface area contributed by atoms with E-state index in [1.54, 1.807) is 0 Å². The van der Waals surface area contributed by atoms with E-state index in [2.05, 4.69) is 14.9 Å². The van der Waals surface area contributed by atoms with Crippen LogP contribution in [-0.2, 0) is 5.41 Å². The van der Waals surface area contributed by atoms with Crippen LogP contribution < -0.4 is 5.32 Å². The van der Waals surface area contributed by atoms with Gasteiger partial charge in [0, 0.05) is 12.0 Å². The number of carbonyl (C=O) groups excluding carboxylic acids is 1. The molecule has 0 aliphatic heterocycles. The summed E-state index contributed by atoms with van der Waals surface area (Å²) in [7, 11) is 0. The third-order valence-corrected chi connectivity index (χ3v) is 2.47. The van der Waals surface area contributed by atoms with Crippen molar-refractivity contribution in [2.24, 2.45) is 0 Å². The molecule has 1 aromatic rings. The monoisotopic (exact) mass is 213 g/mol. The summed E-state index contributed by atoms with van der Waals surface area (Å²) in [4.78, 5) is 12.2. The minimum absolute atomic E-state index is 0.0765. The maximum absolute atomic E-state index is 11.6. The van der Waals surface area contributed by atoms with Gasteiger partial charge >= 0.3 is 0 Å². The summed E-state index contributed by atoms with van der Waals surface area (Å²) in [5.41, 5.74) is 0.640. The van der Waals surface area contributed by atoms with Gasteiger partial charge in [-0.3, -0.25) is 4.79 Å². The summed E-state index contributed by atoms with van der Waals surface area (Å²) in [5, 5.41) is 6.75. The highest BCUT2D eigenvalue weighted by molar-refractivity contribution is 7.08. The van der Waals surface area contributed by atoms with Crippen molar-refractivity contribution < 1.29 is 4.79 Å². The van der Waals surface area contributed by atoms with Gasteiger partial charge in [0.25, 0.3) is 5.91 Å². The van der Waals surface area contributed by atoms with Crippen molar-refractivity contribution in [2.75, 3.05) is 6.54 Å². The Hall–Kier alpha value is -0.970. The molecule has 0 aliphatic rings. The van der Waals surface area contributed by atoms with E-state index in [0.29, 0.717) is 11.4 Å². The fourth-order valence-corrected chi connectivity index (χ4v) is 1.86. The van der Waals surface area contributed by atoms with E-state index in [4.69, 9.17) is 0 Å². The summed E-state index contributed by atoms with van der Waals surface area (Å²) in [6.07, 6.45) is 0. The van der Waals surface area contributed by atoms with Crippen LogP contribution in [-0.4, -0.2) is 22.0 Å². The Morgan fingerprint density at radius 3 is 2.64 bits per heavy atom. The Morgan fingerprint density at radius 2 is 2.14 bits per heavy atom. The molecule has 1 N–H and O–H groups in total. The highest BCUT2D eigenvalue weighted by Crippen LogP contribution is 2.25. The zero-order valence-electron chi connectivity index (χ0n) is 8.92. The Kier molecular flexibility index (Phi) is 3.21. The Morgan fingerprint density at radius 1 is 1.50 bits per heavy atom. The molecule has 0 atom stereocenters. The topological polar surface area (TPSA) is 54.9 Å². The molecule has 1 aromatic heterocycles. The maximum Gasteiger partial charge on any atom is 0.264 e. The van der Waals surface area contributed by atoms with Crippen LogP contribution in [0.2, 0.25) is 0 Å². The fraction of sp³-hybridized carbons (Fsp3) is 0.667. The van der Waals surface area contributed by atoms with Crippen LogP contribution in [0.3, 0.4) is 0 Å². The molecular weight excluding hydrogens is 198 g/mol. The molecule has 4 nitrogen and oxygen atoms in total. The SMILES string of the molecule is CCNC(=O)c1snnc1C(C)(C)C. The molecule has 5 heteroatoms. The number of nitrogens with zero attached hydrogens (tertiary/aromatic N) is 2. The highest BCUT2D eigenvalue weighted by atomic mass is 32.1. The zero-order valence-corrected chi connectivity index (χ0v) is 9.73. The second-order valence-corrected chi connectivity index (χ2v) is 4.81. The van der Waals surface area contributed by atoms with Gasteiger partial charge in [0.1, 0.15) is 4.88 Å². The van der Waals surface area contributed by atoms with Crippen LogP contribution >= 0.6 is 11.5 Å². The second kappa shape index (κ2) is 4.04.